The van der Waals surface area contributed by atoms with Crippen LogP contribution in [-0.2, 0) is 0 Å². The van der Waals surface area contributed by atoms with Crippen LogP contribution in [0.1, 0.15) is 0 Å². The van der Waals surface area contributed by atoms with Gasteiger partial charge in [0.2, 0.25) is 0 Å². The molecule has 1 fully saturated rings. The van der Waals surface area contributed by atoms with Gasteiger partial charge in [-0.15, -0.1) is 0 Å². The van der Waals surface area contributed by atoms with E-state index in [0.29, 0.717) is 0 Å². The van der Waals surface area contributed by atoms with Crippen LogP contribution in [0.3, 0.4) is 0 Å². The Hall–Kier alpha value is 0.499. The Bertz CT molecular complexity index is 131. The Kier molecular flexibility index (Phi) is 2.80. The van der Waals surface area contributed by atoms with Crippen LogP contribution in [0.4, 0.5) is 0 Å². The van der Waals surface area contributed by atoms with Crippen LogP contribution in [0.25, 0.3) is 0 Å². The minimum atomic E-state index is -1.56. The SMILES string of the molecule is [CH3][Sn]([CH3])([CH3])/[CH]=C\C1CNC1. The molecule has 58 valence electrons. The maximum absolute atomic E-state index is 3.27. The standard InChI is InChI=1S/C5H8N.3CH3.Sn/c1-2-5-3-6-4-5;;;;/h1-2,5-6H,3-4H2;3*1H3;. The Morgan fingerprint density at radius 2 is 1.90 bits per heavy atom. The van der Waals surface area contributed by atoms with Crippen LogP contribution in [0.15, 0.2) is 10.2 Å². The predicted octanol–water partition coefficient (Wildman–Crippen LogP) is 1.64. The molecule has 0 bridgehead atoms. The quantitative estimate of drug-likeness (QED) is 0.730. The van der Waals surface area contributed by atoms with E-state index in [0.717, 1.165) is 5.92 Å². The van der Waals surface area contributed by atoms with E-state index in [-0.39, 0.29) is 0 Å². The molecule has 0 radical (unpaired) electrons. The Labute approximate surface area is 67.8 Å². The van der Waals surface area contributed by atoms with Gasteiger partial charge in [0.05, 0.1) is 0 Å². The third kappa shape index (κ3) is 3.06. The molecule has 1 nitrogen and oxygen atoms in total. The molecule has 1 rings (SSSR count). The summed E-state index contributed by atoms with van der Waals surface area (Å²) in [6, 6.07) is 0. The topological polar surface area (TPSA) is 12.0 Å². The molecule has 1 N–H and O–H groups in total. The number of nitrogens with one attached hydrogen (secondary N) is 1. The summed E-state index contributed by atoms with van der Waals surface area (Å²) >= 11 is -1.56. The van der Waals surface area contributed by atoms with Gasteiger partial charge in [0.1, 0.15) is 0 Å². The molecule has 0 aromatic carbocycles. The third-order valence-electron chi connectivity index (χ3n) is 1.68. The summed E-state index contributed by atoms with van der Waals surface area (Å²) in [6.07, 6.45) is 2.42. The second kappa shape index (κ2) is 3.26. The van der Waals surface area contributed by atoms with Crippen LogP contribution < -0.4 is 5.32 Å². The van der Waals surface area contributed by atoms with Gasteiger partial charge in [0, 0.05) is 0 Å². The van der Waals surface area contributed by atoms with Crippen LogP contribution in [0, 0.1) is 5.92 Å². The minimum absolute atomic E-state index is 0.857. The maximum atomic E-state index is 3.27. The first-order chi connectivity index (χ1) is 4.58. The van der Waals surface area contributed by atoms with Gasteiger partial charge in [-0.05, 0) is 0 Å². The normalized spacial score (nSPS) is 21.5. The molecule has 0 amide bonds. The van der Waals surface area contributed by atoms with Crippen LogP contribution in [-0.4, -0.2) is 31.5 Å². The van der Waals surface area contributed by atoms with Crippen molar-refractivity contribution >= 4 is 18.4 Å². The van der Waals surface area contributed by atoms with Gasteiger partial charge >= 0.3 is 67.7 Å². The van der Waals surface area contributed by atoms with Crippen molar-refractivity contribution in [3.63, 3.8) is 0 Å². The van der Waals surface area contributed by atoms with Gasteiger partial charge in [0.25, 0.3) is 0 Å². The molecule has 1 heterocycles. The van der Waals surface area contributed by atoms with Crippen molar-refractivity contribution in [3.05, 3.63) is 10.2 Å². The van der Waals surface area contributed by atoms with E-state index in [1.807, 2.05) is 0 Å². The predicted molar refractivity (Wildman–Crippen MR) is 48.8 cm³/mol. The van der Waals surface area contributed by atoms with E-state index in [1.54, 1.807) is 0 Å². The van der Waals surface area contributed by atoms with E-state index >= 15 is 0 Å². The van der Waals surface area contributed by atoms with Gasteiger partial charge in [-0.1, -0.05) is 0 Å². The van der Waals surface area contributed by atoms with Crippen molar-refractivity contribution in [2.45, 2.75) is 14.8 Å². The van der Waals surface area contributed by atoms with E-state index in [2.05, 4.69) is 30.3 Å². The van der Waals surface area contributed by atoms with E-state index in [4.69, 9.17) is 0 Å². The van der Waals surface area contributed by atoms with Crippen molar-refractivity contribution in [2.75, 3.05) is 13.1 Å². The fourth-order valence-electron chi connectivity index (χ4n) is 0.872. The van der Waals surface area contributed by atoms with Crippen LogP contribution in [0.2, 0.25) is 14.8 Å². The molecule has 1 saturated heterocycles. The summed E-state index contributed by atoms with van der Waals surface area (Å²) in [7, 11) is 0. The second-order valence-electron chi connectivity index (χ2n) is 4.14. The Balaban J connectivity index is 2.28. The van der Waals surface area contributed by atoms with Crippen LogP contribution in [0.5, 0.6) is 0 Å². The number of hydrogen-bond acceptors (Lipinski definition) is 1. The monoisotopic (exact) mass is 247 g/mol. The molecule has 10 heavy (non-hydrogen) atoms. The first kappa shape index (κ1) is 8.59. The van der Waals surface area contributed by atoms with Crippen molar-refractivity contribution in [1.82, 2.24) is 5.32 Å². The van der Waals surface area contributed by atoms with Gasteiger partial charge in [-0.25, -0.2) is 0 Å². The molecule has 0 aliphatic carbocycles. The number of hydrogen-bond donors (Lipinski definition) is 1. The van der Waals surface area contributed by atoms with Crippen molar-refractivity contribution in [2.24, 2.45) is 5.92 Å². The number of rotatable bonds is 2. The van der Waals surface area contributed by atoms with E-state index < -0.39 is 18.4 Å². The molecule has 1 aliphatic rings. The molecule has 0 saturated carbocycles. The first-order valence-electron chi connectivity index (χ1n) is 3.98. The zero-order valence-corrected chi connectivity index (χ0v) is 10.0. The van der Waals surface area contributed by atoms with Gasteiger partial charge in [-0.3, -0.25) is 0 Å². The Morgan fingerprint density at radius 1 is 1.30 bits per heavy atom. The average Bonchev–Trinajstić information content (AvgIpc) is 1.56. The summed E-state index contributed by atoms with van der Waals surface area (Å²) in [5, 5.41) is 3.27. The van der Waals surface area contributed by atoms with E-state index in [1.165, 1.54) is 13.1 Å². The second-order valence-corrected chi connectivity index (χ2v) is 18.6. The summed E-state index contributed by atoms with van der Waals surface area (Å²) in [5.74, 6) is 0.857. The molecular formula is C8H17NSn. The molecule has 0 aromatic heterocycles. The molecule has 0 aromatic rings. The molecular weight excluding hydrogens is 229 g/mol. The summed E-state index contributed by atoms with van der Waals surface area (Å²) in [5.41, 5.74) is 0. The zero-order chi connectivity index (χ0) is 7.61. The fourth-order valence-corrected chi connectivity index (χ4v) is 3.30. The van der Waals surface area contributed by atoms with Gasteiger partial charge < -0.3 is 0 Å². The van der Waals surface area contributed by atoms with Crippen molar-refractivity contribution < 1.29 is 0 Å². The Morgan fingerprint density at radius 3 is 2.20 bits per heavy atom. The third-order valence-corrected chi connectivity index (χ3v) is 5.08. The molecule has 0 spiro atoms. The molecule has 1 aliphatic heterocycles. The van der Waals surface area contributed by atoms with E-state index in [9.17, 15) is 0 Å². The average molecular weight is 246 g/mol. The van der Waals surface area contributed by atoms with Crippen molar-refractivity contribution in [3.8, 4) is 0 Å². The summed E-state index contributed by atoms with van der Waals surface area (Å²) in [6.45, 7) is 2.41. The molecule has 2 heteroatoms. The molecule has 0 atom stereocenters. The molecule has 0 unspecified atom stereocenters. The summed E-state index contributed by atoms with van der Waals surface area (Å²) < 4.78 is 2.51. The summed E-state index contributed by atoms with van der Waals surface area (Å²) in [4.78, 5) is 7.33. The van der Waals surface area contributed by atoms with Crippen molar-refractivity contribution in [1.29, 1.82) is 0 Å². The van der Waals surface area contributed by atoms with Gasteiger partial charge in [0.15, 0.2) is 0 Å². The fraction of sp³-hybridized carbons (Fsp3) is 0.750. The first-order valence-corrected chi connectivity index (χ1v) is 14.2. The van der Waals surface area contributed by atoms with Crippen LogP contribution >= 0.6 is 0 Å². The van der Waals surface area contributed by atoms with Gasteiger partial charge in [-0.2, -0.15) is 0 Å². The zero-order valence-electron chi connectivity index (χ0n) is 7.15.